The molecule has 0 radical (unpaired) electrons. The highest BCUT2D eigenvalue weighted by molar-refractivity contribution is 5.99. The summed E-state index contributed by atoms with van der Waals surface area (Å²) in [4.78, 5) is 25.3. The average molecular weight is 312 g/mol. The van der Waals surface area contributed by atoms with Crippen molar-refractivity contribution in [1.82, 2.24) is 5.32 Å². The van der Waals surface area contributed by atoms with Gasteiger partial charge in [-0.3, -0.25) is 14.5 Å². The Balaban J connectivity index is 1.87. The zero-order chi connectivity index (χ0) is 16.2. The summed E-state index contributed by atoms with van der Waals surface area (Å²) in [6.45, 7) is 1.39. The van der Waals surface area contributed by atoms with Crippen molar-refractivity contribution in [2.75, 3.05) is 11.5 Å². The second-order valence-corrected chi connectivity index (χ2v) is 5.94. The molecule has 2 aliphatic heterocycles. The Kier molecular flexibility index (Phi) is 2.94. The molecule has 2 heterocycles. The molecule has 6 nitrogen and oxygen atoms in total. The summed E-state index contributed by atoms with van der Waals surface area (Å²) in [5, 5.41) is 13.5. The van der Waals surface area contributed by atoms with Crippen molar-refractivity contribution < 1.29 is 19.4 Å². The third-order valence-electron chi connectivity index (χ3n) is 4.52. The summed E-state index contributed by atoms with van der Waals surface area (Å²) in [5.41, 5.74) is 0.905. The highest BCUT2D eigenvalue weighted by Gasteiger charge is 2.57. The summed E-state index contributed by atoms with van der Waals surface area (Å²) >= 11 is 0. The Morgan fingerprint density at radius 1 is 1.43 bits per heavy atom. The second kappa shape index (κ2) is 4.78. The maximum Gasteiger partial charge on any atom is 0.255 e. The van der Waals surface area contributed by atoms with E-state index in [2.05, 4.69) is 5.32 Å². The topological polar surface area (TPSA) is 78.9 Å². The smallest absolute Gasteiger partial charge is 0.255 e. The van der Waals surface area contributed by atoms with Crippen LogP contribution in [0.2, 0.25) is 0 Å². The van der Waals surface area contributed by atoms with Crippen LogP contribution in [0.5, 0.6) is 0 Å². The number of para-hydroxylation sites is 1. The number of amides is 2. The number of aliphatic hydroxyl groups is 1. The van der Waals surface area contributed by atoms with Crippen LogP contribution in [0.3, 0.4) is 0 Å². The molecule has 1 saturated heterocycles. The molecule has 0 aromatic heterocycles. The number of allylic oxidation sites excluding steroid dienone is 1. The van der Waals surface area contributed by atoms with Gasteiger partial charge in [-0.1, -0.05) is 18.2 Å². The molecule has 1 aliphatic carbocycles. The molecule has 6 heteroatoms. The summed E-state index contributed by atoms with van der Waals surface area (Å²) in [5.74, 6) is -0.825. The number of aliphatic hydroxyl groups excluding tert-OH is 1. The van der Waals surface area contributed by atoms with Gasteiger partial charge in [0.05, 0.1) is 17.7 Å². The largest absolute Gasteiger partial charge is 0.388 e. The van der Waals surface area contributed by atoms with Gasteiger partial charge in [0, 0.05) is 18.2 Å². The van der Waals surface area contributed by atoms with Crippen LogP contribution in [0.15, 0.2) is 48.2 Å². The van der Waals surface area contributed by atoms with Crippen molar-refractivity contribution in [2.24, 2.45) is 5.92 Å². The van der Waals surface area contributed by atoms with E-state index in [9.17, 15) is 14.7 Å². The SMILES string of the molecule is CC(=O)NC1=CC2C(O)c3ccccc3N3C(=O)CO[C@]23C=C1. The fourth-order valence-electron chi connectivity index (χ4n) is 3.62. The number of ether oxygens (including phenoxy) is 1. The number of anilines is 1. The molecule has 0 bridgehead atoms. The Morgan fingerprint density at radius 2 is 2.22 bits per heavy atom. The first-order chi connectivity index (χ1) is 11.0. The third kappa shape index (κ3) is 1.89. The molecular formula is C17H16N2O4. The number of nitrogens with zero attached hydrogens (tertiary/aromatic N) is 1. The van der Waals surface area contributed by atoms with Gasteiger partial charge in [0.15, 0.2) is 5.72 Å². The van der Waals surface area contributed by atoms with Crippen LogP contribution >= 0.6 is 0 Å². The van der Waals surface area contributed by atoms with Crippen molar-refractivity contribution in [3.8, 4) is 0 Å². The van der Waals surface area contributed by atoms with E-state index in [4.69, 9.17) is 4.74 Å². The van der Waals surface area contributed by atoms with Gasteiger partial charge in [-0.2, -0.15) is 0 Å². The van der Waals surface area contributed by atoms with Crippen molar-refractivity contribution in [3.63, 3.8) is 0 Å². The van der Waals surface area contributed by atoms with E-state index >= 15 is 0 Å². The molecule has 4 rings (SSSR count). The van der Waals surface area contributed by atoms with Gasteiger partial charge in [-0.05, 0) is 24.3 Å². The van der Waals surface area contributed by atoms with Gasteiger partial charge in [-0.25, -0.2) is 0 Å². The predicted molar refractivity (Wildman–Crippen MR) is 82.1 cm³/mol. The zero-order valence-corrected chi connectivity index (χ0v) is 12.5. The summed E-state index contributed by atoms with van der Waals surface area (Å²) in [6.07, 6.45) is 4.38. The van der Waals surface area contributed by atoms with Gasteiger partial charge < -0.3 is 15.2 Å². The van der Waals surface area contributed by atoms with Crippen LogP contribution < -0.4 is 10.2 Å². The summed E-state index contributed by atoms with van der Waals surface area (Å²) in [7, 11) is 0. The van der Waals surface area contributed by atoms with Crippen molar-refractivity contribution in [3.05, 3.63) is 53.8 Å². The fourth-order valence-corrected chi connectivity index (χ4v) is 3.62. The average Bonchev–Trinajstić information content (AvgIpc) is 2.86. The maximum atomic E-state index is 12.4. The maximum absolute atomic E-state index is 12.4. The lowest BCUT2D eigenvalue weighted by Gasteiger charge is -2.48. The number of benzene rings is 1. The van der Waals surface area contributed by atoms with Crippen LogP contribution in [-0.4, -0.2) is 29.3 Å². The van der Waals surface area contributed by atoms with E-state index in [0.717, 1.165) is 0 Å². The fraction of sp³-hybridized carbons (Fsp3) is 0.294. The first-order valence-corrected chi connectivity index (χ1v) is 7.45. The Morgan fingerprint density at radius 3 is 3.00 bits per heavy atom. The molecule has 118 valence electrons. The first kappa shape index (κ1) is 14.2. The Labute approximate surface area is 133 Å². The molecule has 23 heavy (non-hydrogen) atoms. The number of rotatable bonds is 1. The molecule has 2 amide bonds. The number of hydrogen-bond donors (Lipinski definition) is 2. The zero-order valence-electron chi connectivity index (χ0n) is 12.5. The van der Waals surface area contributed by atoms with E-state index in [1.165, 1.54) is 6.92 Å². The van der Waals surface area contributed by atoms with Crippen LogP contribution in [-0.2, 0) is 14.3 Å². The van der Waals surface area contributed by atoms with Crippen LogP contribution in [0.25, 0.3) is 0 Å². The molecule has 1 fully saturated rings. The van der Waals surface area contributed by atoms with Gasteiger partial charge in [0.25, 0.3) is 5.91 Å². The molecule has 0 saturated carbocycles. The van der Waals surface area contributed by atoms with E-state index in [1.807, 2.05) is 18.2 Å². The normalized spacial score (nSPS) is 31.1. The van der Waals surface area contributed by atoms with Crippen LogP contribution in [0.4, 0.5) is 5.69 Å². The minimum atomic E-state index is -1.03. The minimum Gasteiger partial charge on any atom is -0.388 e. The standard InChI is InChI=1S/C17H16N2O4/c1-10(20)18-11-6-7-17-13(8-11)16(22)12-4-2-3-5-14(12)19(17)15(21)9-23-17/h2-8,13,16,22H,9H2,1H3,(H,18,20)/t13?,16?,17-/m1/s1. The molecule has 1 aromatic carbocycles. The second-order valence-electron chi connectivity index (χ2n) is 5.94. The first-order valence-electron chi connectivity index (χ1n) is 7.45. The lowest BCUT2D eigenvalue weighted by molar-refractivity contribution is -0.118. The van der Waals surface area contributed by atoms with Crippen molar-refractivity contribution in [2.45, 2.75) is 18.8 Å². The predicted octanol–water partition coefficient (Wildman–Crippen LogP) is 0.999. The van der Waals surface area contributed by atoms with Crippen molar-refractivity contribution in [1.29, 1.82) is 0 Å². The molecule has 1 aromatic rings. The minimum absolute atomic E-state index is 0.0365. The highest BCUT2D eigenvalue weighted by Crippen LogP contribution is 2.52. The lowest BCUT2D eigenvalue weighted by Crippen LogP contribution is -2.56. The highest BCUT2D eigenvalue weighted by atomic mass is 16.5. The number of carbonyl (C=O) groups excluding carboxylic acids is 2. The van der Waals surface area contributed by atoms with Crippen LogP contribution in [0, 0.1) is 5.92 Å². The lowest BCUT2D eigenvalue weighted by atomic mass is 9.77. The van der Waals surface area contributed by atoms with Gasteiger partial charge >= 0.3 is 0 Å². The van der Waals surface area contributed by atoms with E-state index in [0.29, 0.717) is 16.9 Å². The van der Waals surface area contributed by atoms with Crippen LogP contribution in [0.1, 0.15) is 18.6 Å². The molecule has 1 spiro atoms. The Bertz CT molecular complexity index is 770. The molecule has 2 unspecified atom stereocenters. The summed E-state index contributed by atoms with van der Waals surface area (Å²) in [6, 6.07) is 7.27. The number of fused-ring (bicyclic) bond motifs is 2. The van der Waals surface area contributed by atoms with Gasteiger partial charge in [-0.15, -0.1) is 0 Å². The van der Waals surface area contributed by atoms with E-state index in [1.54, 1.807) is 29.2 Å². The summed E-state index contributed by atoms with van der Waals surface area (Å²) < 4.78 is 5.81. The van der Waals surface area contributed by atoms with Crippen molar-refractivity contribution >= 4 is 17.5 Å². The number of nitrogens with one attached hydrogen (secondary N) is 1. The number of carbonyl (C=O) groups is 2. The third-order valence-corrected chi connectivity index (χ3v) is 4.52. The van der Waals surface area contributed by atoms with Gasteiger partial charge in [0.2, 0.25) is 5.91 Å². The molecular weight excluding hydrogens is 296 g/mol. The quantitative estimate of drug-likeness (QED) is 0.811. The molecule has 3 atom stereocenters. The molecule has 2 N–H and O–H groups in total. The number of hydrogen-bond acceptors (Lipinski definition) is 4. The van der Waals surface area contributed by atoms with E-state index < -0.39 is 17.7 Å². The monoisotopic (exact) mass is 312 g/mol. The Hall–Kier alpha value is -2.44. The van der Waals surface area contributed by atoms with Gasteiger partial charge in [0.1, 0.15) is 6.61 Å². The molecule has 3 aliphatic rings. The van der Waals surface area contributed by atoms with E-state index in [-0.39, 0.29) is 18.4 Å².